The molecule has 1 aliphatic rings. The summed E-state index contributed by atoms with van der Waals surface area (Å²) in [6.45, 7) is 0. The van der Waals surface area contributed by atoms with Crippen molar-refractivity contribution in [3.05, 3.63) is 72.3 Å². The molecular formula is C24H16N2O5S. The van der Waals surface area contributed by atoms with Crippen molar-refractivity contribution >= 4 is 60.0 Å². The van der Waals surface area contributed by atoms with E-state index in [2.05, 4.69) is 10.0 Å². The third-order valence-electron chi connectivity index (χ3n) is 5.73. The highest BCUT2D eigenvalue weighted by atomic mass is 32.2. The molecule has 6 rings (SSSR count). The van der Waals surface area contributed by atoms with E-state index in [9.17, 15) is 13.2 Å². The molecule has 5 aromatic rings. The quantitative estimate of drug-likeness (QED) is 0.401. The number of methoxy groups -OCH3 is 1. The zero-order valence-electron chi connectivity index (χ0n) is 16.8. The highest BCUT2D eigenvalue weighted by Gasteiger charge is 2.27. The Morgan fingerprint density at radius 2 is 1.72 bits per heavy atom. The topological polar surface area (TPSA) is 97.6 Å². The molecule has 0 unspecified atom stereocenters. The molecule has 2 heterocycles. The van der Waals surface area contributed by atoms with Crippen molar-refractivity contribution in [1.29, 1.82) is 0 Å². The van der Waals surface area contributed by atoms with E-state index < -0.39 is 10.0 Å². The number of fused-ring (bicyclic) bond motifs is 3. The molecule has 1 amide bonds. The molecule has 2 N–H and O–H groups in total. The Labute approximate surface area is 182 Å². The monoisotopic (exact) mass is 444 g/mol. The summed E-state index contributed by atoms with van der Waals surface area (Å²) in [6, 6.07) is 19.1. The molecule has 0 aliphatic carbocycles. The number of furan rings is 1. The van der Waals surface area contributed by atoms with Gasteiger partial charge in [-0.2, -0.15) is 0 Å². The summed E-state index contributed by atoms with van der Waals surface area (Å²) in [6.07, 6.45) is 0. The van der Waals surface area contributed by atoms with Gasteiger partial charge < -0.3 is 14.5 Å². The lowest BCUT2D eigenvalue weighted by Gasteiger charge is -2.14. The summed E-state index contributed by atoms with van der Waals surface area (Å²) < 4.78 is 40.8. The summed E-state index contributed by atoms with van der Waals surface area (Å²) in [4.78, 5) is 12.2. The van der Waals surface area contributed by atoms with Crippen LogP contribution in [0.15, 0.2) is 76.0 Å². The number of carbonyl (C=O) groups is 1. The van der Waals surface area contributed by atoms with Crippen molar-refractivity contribution in [3.8, 4) is 5.75 Å². The summed E-state index contributed by atoms with van der Waals surface area (Å²) in [5.41, 5.74) is 2.56. The second-order valence-corrected chi connectivity index (χ2v) is 9.20. The zero-order chi connectivity index (χ0) is 22.0. The van der Waals surface area contributed by atoms with Crippen molar-refractivity contribution in [2.24, 2.45) is 0 Å². The molecule has 1 aliphatic heterocycles. The van der Waals surface area contributed by atoms with E-state index in [0.717, 1.165) is 10.8 Å². The Morgan fingerprint density at radius 3 is 2.56 bits per heavy atom. The molecule has 1 aromatic heterocycles. The number of nitrogens with one attached hydrogen (secondary N) is 2. The fraction of sp³-hybridized carbons (Fsp3) is 0.0417. The van der Waals surface area contributed by atoms with Gasteiger partial charge in [-0.3, -0.25) is 9.52 Å². The van der Waals surface area contributed by atoms with Gasteiger partial charge >= 0.3 is 0 Å². The van der Waals surface area contributed by atoms with Gasteiger partial charge in [0.1, 0.15) is 16.9 Å². The average molecular weight is 444 g/mol. The maximum atomic E-state index is 13.4. The van der Waals surface area contributed by atoms with Crippen LogP contribution in [0.2, 0.25) is 0 Å². The van der Waals surface area contributed by atoms with Crippen molar-refractivity contribution < 1.29 is 22.4 Å². The molecule has 158 valence electrons. The van der Waals surface area contributed by atoms with Crippen LogP contribution in [-0.2, 0) is 10.0 Å². The van der Waals surface area contributed by atoms with Crippen molar-refractivity contribution in [1.82, 2.24) is 0 Å². The van der Waals surface area contributed by atoms with E-state index in [1.165, 1.54) is 13.2 Å². The number of hydrogen-bond acceptors (Lipinski definition) is 5. The maximum Gasteiger partial charge on any atom is 0.262 e. The third kappa shape index (κ3) is 2.59. The van der Waals surface area contributed by atoms with Crippen LogP contribution in [0.4, 0.5) is 11.4 Å². The van der Waals surface area contributed by atoms with Gasteiger partial charge in [-0.1, -0.05) is 30.3 Å². The first-order chi connectivity index (χ1) is 15.5. The van der Waals surface area contributed by atoms with Gasteiger partial charge in [-0.15, -0.1) is 0 Å². The Balaban J connectivity index is 1.51. The number of carbonyl (C=O) groups excluding carboxylic acids is 1. The SMILES string of the molecule is COc1cc2c(cc1NS(=O)(=O)c1ccc3c4c(cccc14)C(=O)N3)oc1ccccc12. The number of rotatable bonds is 4. The highest BCUT2D eigenvalue weighted by molar-refractivity contribution is 7.93. The van der Waals surface area contributed by atoms with Crippen LogP contribution < -0.4 is 14.8 Å². The first kappa shape index (κ1) is 18.7. The molecule has 32 heavy (non-hydrogen) atoms. The zero-order valence-corrected chi connectivity index (χ0v) is 17.6. The van der Waals surface area contributed by atoms with Crippen molar-refractivity contribution in [2.75, 3.05) is 17.1 Å². The average Bonchev–Trinajstić information content (AvgIpc) is 3.31. The van der Waals surface area contributed by atoms with Crippen LogP contribution in [0.1, 0.15) is 10.4 Å². The van der Waals surface area contributed by atoms with Gasteiger partial charge in [0, 0.05) is 38.9 Å². The van der Waals surface area contributed by atoms with Crippen LogP contribution in [0.3, 0.4) is 0 Å². The van der Waals surface area contributed by atoms with E-state index in [1.807, 2.05) is 24.3 Å². The predicted octanol–water partition coefficient (Wildman–Crippen LogP) is 5.11. The first-order valence-corrected chi connectivity index (χ1v) is 11.3. The van der Waals surface area contributed by atoms with Gasteiger partial charge in [0.25, 0.3) is 15.9 Å². The second kappa shape index (κ2) is 6.48. The van der Waals surface area contributed by atoms with Crippen molar-refractivity contribution in [2.45, 2.75) is 4.90 Å². The lowest BCUT2D eigenvalue weighted by molar-refractivity contribution is 0.103. The summed E-state index contributed by atoms with van der Waals surface area (Å²) in [5.74, 6) is 0.125. The fourth-order valence-corrected chi connectivity index (χ4v) is 5.56. The molecule has 0 saturated heterocycles. The number of sulfonamides is 1. The number of anilines is 2. The van der Waals surface area contributed by atoms with Crippen LogP contribution in [0.25, 0.3) is 32.7 Å². The second-order valence-electron chi connectivity index (χ2n) is 7.55. The minimum absolute atomic E-state index is 0.0707. The predicted molar refractivity (Wildman–Crippen MR) is 123 cm³/mol. The fourth-order valence-electron chi connectivity index (χ4n) is 4.30. The largest absolute Gasteiger partial charge is 0.495 e. The summed E-state index contributed by atoms with van der Waals surface area (Å²) in [5, 5.41) is 5.57. The molecule has 7 nitrogen and oxygen atoms in total. The smallest absolute Gasteiger partial charge is 0.262 e. The van der Waals surface area contributed by atoms with Gasteiger partial charge in [0.05, 0.1) is 17.7 Å². The van der Waals surface area contributed by atoms with E-state index in [-0.39, 0.29) is 16.5 Å². The first-order valence-electron chi connectivity index (χ1n) is 9.85. The molecule has 0 bridgehead atoms. The number of hydrogen-bond donors (Lipinski definition) is 2. The highest BCUT2D eigenvalue weighted by Crippen LogP contribution is 2.40. The molecule has 0 saturated carbocycles. The van der Waals surface area contributed by atoms with E-state index in [0.29, 0.717) is 38.9 Å². The van der Waals surface area contributed by atoms with E-state index >= 15 is 0 Å². The number of ether oxygens (including phenoxy) is 1. The number of para-hydroxylation sites is 1. The van der Waals surface area contributed by atoms with E-state index in [4.69, 9.17) is 9.15 Å². The Kier molecular flexibility index (Phi) is 3.79. The maximum absolute atomic E-state index is 13.4. The van der Waals surface area contributed by atoms with E-state index in [1.54, 1.807) is 36.4 Å². The van der Waals surface area contributed by atoms with Gasteiger partial charge in [0.2, 0.25) is 0 Å². The molecule has 0 radical (unpaired) electrons. The molecule has 0 spiro atoms. The minimum atomic E-state index is -4.01. The summed E-state index contributed by atoms with van der Waals surface area (Å²) in [7, 11) is -2.52. The number of benzene rings is 4. The number of amides is 1. The molecule has 8 heteroatoms. The van der Waals surface area contributed by atoms with Crippen LogP contribution >= 0.6 is 0 Å². The van der Waals surface area contributed by atoms with Gasteiger partial charge in [0.15, 0.2) is 0 Å². The normalized spacial score (nSPS) is 13.1. The van der Waals surface area contributed by atoms with Gasteiger partial charge in [-0.05, 0) is 30.3 Å². The summed E-state index contributed by atoms with van der Waals surface area (Å²) >= 11 is 0. The van der Waals surface area contributed by atoms with Crippen LogP contribution in [0.5, 0.6) is 5.75 Å². The molecule has 0 atom stereocenters. The third-order valence-corrected chi connectivity index (χ3v) is 7.15. The van der Waals surface area contributed by atoms with Gasteiger partial charge in [-0.25, -0.2) is 8.42 Å². The Hall–Kier alpha value is -4.04. The lowest BCUT2D eigenvalue weighted by atomic mass is 10.1. The standard InChI is InChI=1S/C24H16N2O5S/c1-30-21-11-16-13-5-2-3-8-19(13)31-20(16)12-18(21)26-32(28,29)22-10-9-17-23-14(22)6-4-7-15(23)24(27)25-17/h2-12,26H,1H3,(H,25,27). The molecule has 4 aromatic carbocycles. The van der Waals surface area contributed by atoms with Crippen LogP contribution in [0, 0.1) is 0 Å². The Bertz CT molecular complexity index is 1700. The molecule has 0 fully saturated rings. The minimum Gasteiger partial charge on any atom is -0.495 e. The molecular weight excluding hydrogens is 428 g/mol. The van der Waals surface area contributed by atoms with Crippen molar-refractivity contribution in [3.63, 3.8) is 0 Å². The lowest BCUT2D eigenvalue weighted by Crippen LogP contribution is -2.14. The Morgan fingerprint density at radius 1 is 0.906 bits per heavy atom. The van der Waals surface area contributed by atoms with Crippen LogP contribution in [-0.4, -0.2) is 21.4 Å².